The Morgan fingerprint density at radius 3 is 2.69 bits per heavy atom. The number of aromatic nitrogens is 2. The molecule has 0 bridgehead atoms. The minimum Gasteiger partial charge on any atom is -0.477 e. The van der Waals surface area contributed by atoms with Crippen LogP contribution in [-0.4, -0.2) is 29.2 Å². The van der Waals surface area contributed by atoms with Gasteiger partial charge in [-0.25, -0.2) is 4.98 Å². The van der Waals surface area contributed by atoms with E-state index in [1.807, 2.05) is 6.92 Å². The Morgan fingerprint density at radius 2 is 2.06 bits per heavy atom. The first-order chi connectivity index (χ1) is 7.69. The summed E-state index contributed by atoms with van der Waals surface area (Å²) in [5.74, 6) is 0.934. The number of hydrogen-bond donors (Lipinski definition) is 1. The van der Waals surface area contributed by atoms with Crippen LogP contribution in [0.2, 0.25) is 0 Å². The van der Waals surface area contributed by atoms with Gasteiger partial charge in [0.1, 0.15) is 0 Å². The lowest BCUT2D eigenvalue weighted by molar-refractivity contribution is 0.322. The summed E-state index contributed by atoms with van der Waals surface area (Å²) in [7, 11) is 0. The topological polar surface area (TPSA) is 47.0 Å². The van der Waals surface area contributed by atoms with E-state index in [0.29, 0.717) is 24.4 Å². The second-order valence-corrected chi connectivity index (χ2v) is 3.85. The lowest BCUT2D eigenvalue weighted by atomic mass is 10.0. The second kappa shape index (κ2) is 6.43. The molecule has 90 valence electrons. The summed E-state index contributed by atoms with van der Waals surface area (Å²) in [6, 6.07) is 0.385. The van der Waals surface area contributed by atoms with Crippen LogP contribution in [0.25, 0.3) is 0 Å². The van der Waals surface area contributed by atoms with Gasteiger partial charge in [-0.2, -0.15) is 0 Å². The molecule has 0 amide bonds. The van der Waals surface area contributed by atoms with Crippen molar-refractivity contribution in [1.29, 1.82) is 0 Å². The van der Waals surface area contributed by atoms with Crippen molar-refractivity contribution in [3.63, 3.8) is 0 Å². The Kier molecular flexibility index (Phi) is 5.19. The normalized spacial score (nSPS) is 14.5. The van der Waals surface area contributed by atoms with Crippen LogP contribution in [0.5, 0.6) is 5.88 Å². The largest absolute Gasteiger partial charge is 0.477 e. The average molecular weight is 223 g/mol. The predicted molar refractivity (Wildman–Crippen MR) is 64.8 cm³/mol. The zero-order valence-corrected chi connectivity index (χ0v) is 10.5. The monoisotopic (exact) mass is 223 g/mol. The molecule has 0 saturated heterocycles. The van der Waals surface area contributed by atoms with Gasteiger partial charge in [-0.05, 0) is 20.4 Å². The van der Waals surface area contributed by atoms with Crippen LogP contribution in [-0.2, 0) is 0 Å². The van der Waals surface area contributed by atoms with Gasteiger partial charge in [-0.15, -0.1) is 0 Å². The molecule has 1 aromatic heterocycles. The van der Waals surface area contributed by atoms with Crippen LogP contribution in [0.3, 0.4) is 0 Å². The molecule has 1 heterocycles. The number of nitrogens with zero attached hydrogens (tertiary/aromatic N) is 2. The standard InChI is InChI=1S/C12H21N3O/c1-5-14-10(4)9(3)11-7-13-8-12(15-11)16-6-2/h7-10,14H,5-6H2,1-4H3. The quantitative estimate of drug-likeness (QED) is 0.801. The fourth-order valence-corrected chi connectivity index (χ4v) is 1.55. The summed E-state index contributed by atoms with van der Waals surface area (Å²) in [5.41, 5.74) is 0.972. The van der Waals surface area contributed by atoms with Crippen molar-refractivity contribution in [2.45, 2.75) is 39.7 Å². The molecule has 0 fully saturated rings. The summed E-state index contributed by atoms with van der Waals surface area (Å²) in [6.45, 7) is 9.93. The summed E-state index contributed by atoms with van der Waals surface area (Å²) >= 11 is 0. The molecule has 0 saturated carbocycles. The Balaban J connectivity index is 2.74. The number of hydrogen-bond acceptors (Lipinski definition) is 4. The van der Waals surface area contributed by atoms with Crippen molar-refractivity contribution in [3.8, 4) is 5.88 Å². The van der Waals surface area contributed by atoms with Gasteiger partial charge in [0, 0.05) is 18.2 Å². The van der Waals surface area contributed by atoms with E-state index in [1.54, 1.807) is 12.4 Å². The molecule has 0 aliphatic heterocycles. The van der Waals surface area contributed by atoms with Gasteiger partial charge < -0.3 is 10.1 Å². The maximum Gasteiger partial charge on any atom is 0.232 e. The average Bonchev–Trinajstić information content (AvgIpc) is 2.29. The van der Waals surface area contributed by atoms with E-state index in [-0.39, 0.29) is 0 Å². The molecule has 2 unspecified atom stereocenters. The molecule has 4 heteroatoms. The smallest absolute Gasteiger partial charge is 0.232 e. The molecule has 0 radical (unpaired) electrons. The van der Waals surface area contributed by atoms with Crippen molar-refractivity contribution in [3.05, 3.63) is 18.1 Å². The maximum absolute atomic E-state index is 5.34. The van der Waals surface area contributed by atoms with E-state index in [4.69, 9.17) is 4.74 Å². The lowest BCUT2D eigenvalue weighted by Crippen LogP contribution is -2.31. The highest BCUT2D eigenvalue weighted by Gasteiger charge is 2.15. The van der Waals surface area contributed by atoms with Gasteiger partial charge in [-0.3, -0.25) is 4.98 Å². The maximum atomic E-state index is 5.34. The Bertz CT molecular complexity index is 317. The summed E-state index contributed by atoms with van der Waals surface area (Å²) in [5, 5.41) is 3.39. The number of ether oxygens (including phenoxy) is 1. The Labute approximate surface area is 97.5 Å². The molecule has 1 N–H and O–H groups in total. The first-order valence-electron chi connectivity index (χ1n) is 5.87. The molecule has 0 spiro atoms. The van der Waals surface area contributed by atoms with Gasteiger partial charge in [0.15, 0.2) is 0 Å². The molecule has 0 aromatic carbocycles. The zero-order chi connectivity index (χ0) is 12.0. The van der Waals surface area contributed by atoms with Crippen molar-refractivity contribution in [1.82, 2.24) is 15.3 Å². The number of likely N-dealkylation sites (N-methyl/N-ethyl adjacent to an activating group) is 1. The highest BCUT2D eigenvalue weighted by atomic mass is 16.5. The molecule has 16 heavy (non-hydrogen) atoms. The third-order valence-electron chi connectivity index (χ3n) is 2.67. The minimum absolute atomic E-state index is 0.327. The molecule has 0 aliphatic carbocycles. The van der Waals surface area contributed by atoms with Gasteiger partial charge in [-0.1, -0.05) is 13.8 Å². The predicted octanol–water partition coefficient (Wildman–Crippen LogP) is 1.98. The van der Waals surface area contributed by atoms with Crippen LogP contribution in [0.15, 0.2) is 12.4 Å². The van der Waals surface area contributed by atoms with E-state index in [1.165, 1.54) is 0 Å². The van der Waals surface area contributed by atoms with E-state index >= 15 is 0 Å². The Hall–Kier alpha value is -1.16. The highest BCUT2D eigenvalue weighted by molar-refractivity contribution is 5.13. The SMILES string of the molecule is CCNC(C)C(C)c1cncc(OCC)n1. The molecule has 1 aromatic rings. The molecule has 1 rings (SSSR count). The van der Waals surface area contributed by atoms with Crippen LogP contribution in [0.4, 0.5) is 0 Å². The van der Waals surface area contributed by atoms with Crippen LogP contribution < -0.4 is 10.1 Å². The van der Waals surface area contributed by atoms with Crippen LogP contribution >= 0.6 is 0 Å². The number of rotatable bonds is 6. The molecular weight excluding hydrogens is 202 g/mol. The summed E-state index contributed by atoms with van der Waals surface area (Å²) < 4.78 is 5.34. The van der Waals surface area contributed by atoms with Crippen molar-refractivity contribution < 1.29 is 4.74 Å². The third-order valence-corrected chi connectivity index (χ3v) is 2.67. The lowest BCUT2D eigenvalue weighted by Gasteiger charge is -2.20. The van der Waals surface area contributed by atoms with Crippen molar-refractivity contribution in [2.24, 2.45) is 0 Å². The first-order valence-corrected chi connectivity index (χ1v) is 5.87. The van der Waals surface area contributed by atoms with E-state index < -0.39 is 0 Å². The van der Waals surface area contributed by atoms with Gasteiger partial charge in [0.05, 0.1) is 18.5 Å². The Morgan fingerprint density at radius 1 is 1.31 bits per heavy atom. The molecule has 4 nitrogen and oxygen atoms in total. The highest BCUT2D eigenvalue weighted by Crippen LogP contribution is 2.18. The van der Waals surface area contributed by atoms with E-state index in [0.717, 1.165) is 12.2 Å². The van der Waals surface area contributed by atoms with E-state index in [2.05, 4.69) is 36.1 Å². The van der Waals surface area contributed by atoms with Gasteiger partial charge in [0.2, 0.25) is 5.88 Å². The zero-order valence-electron chi connectivity index (χ0n) is 10.5. The summed E-state index contributed by atoms with van der Waals surface area (Å²) in [6.07, 6.45) is 3.46. The van der Waals surface area contributed by atoms with Gasteiger partial charge >= 0.3 is 0 Å². The molecule has 0 aliphatic rings. The number of nitrogens with one attached hydrogen (secondary N) is 1. The molecule has 2 atom stereocenters. The fourth-order valence-electron chi connectivity index (χ4n) is 1.55. The van der Waals surface area contributed by atoms with Gasteiger partial charge in [0.25, 0.3) is 0 Å². The first kappa shape index (κ1) is 12.9. The van der Waals surface area contributed by atoms with E-state index in [9.17, 15) is 0 Å². The van der Waals surface area contributed by atoms with Crippen LogP contribution in [0.1, 0.15) is 39.3 Å². The third kappa shape index (κ3) is 3.45. The summed E-state index contributed by atoms with van der Waals surface area (Å²) in [4.78, 5) is 8.59. The van der Waals surface area contributed by atoms with Crippen molar-refractivity contribution in [2.75, 3.05) is 13.2 Å². The second-order valence-electron chi connectivity index (χ2n) is 3.85. The fraction of sp³-hybridized carbons (Fsp3) is 0.667. The van der Waals surface area contributed by atoms with Crippen molar-refractivity contribution >= 4 is 0 Å². The van der Waals surface area contributed by atoms with Crippen LogP contribution in [0, 0.1) is 0 Å². The minimum atomic E-state index is 0.327. The molecular formula is C12H21N3O.